The lowest BCUT2D eigenvalue weighted by Gasteiger charge is -2.19. The number of carbonyl (C=O) groups excluding carboxylic acids is 1. The van der Waals surface area contributed by atoms with Crippen molar-refractivity contribution < 1.29 is 9.53 Å². The van der Waals surface area contributed by atoms with E-state index in [1.54, 1.807) is 0 Å². The van der Waals surface area contributed by atoms with Crippen molar-refractivity contribution in [3.05, 3.63) is 12.2 Å². The number of hydrogen-bond acceptors (Lipinski definition) is 4. The molecule has 4 heteroatoms. The highest BCUT2D eigenvalue weighted by atomic mass is 16.5. The quantitative estimate of drug-likeness (QED) is 0.512. The Balaban J connectivity index is 2.16. The van der Waals surface area contributed by atoms with Gasteiger partial charge in [0, 0.05) is 25.7 Å². The maximum absolute atomic E-state index is 11.1. The highest BCUT2D eigenvalue weighted by molar-refractivity contribution is 5.81. The lowest BCUT2D eigenvalue weighted by molar-refractivity contribution is -0.137. The molecule has 0 saturated carbocycles. The van der Waals surface area contributed by atoms with Gasteiger partial charge in [-0.2, -0.15) is 0 Å². The third-order valence-electron chi connectivity index (χ3n) is 3.02. The fourth-order valence-corrected chi connectivity index (χ4v) is 2.21. The minimum atomic E-state index is -0.249. The van der Waals surface area contributed by atoms with Crippen molar-refractivity contribution in [2.24, 2.45) is 5.92 Å². The zero-order valence-corrected chi connectivity index (χ0v) is 11.2. The molecule has 0 aromatic heterocycles. The first-order chi connectivity index (χ1) is 8.11. The molecule has 0 spiro atoms. The molecule has 0 aromatic carbocycles. The molecule has 1 aliphatic rings. The van der Waals surface area contributed by atoms with Crippen LogP contribution in [0.4, 0.5) is 0 Å². The maximum atomic E-state index is 11.1. The smallest absolute Gasteiger partial charge is 0.330 e. The van der Waals surface area contributed by atoms with Crippen LogP contribution in [0, 0.1) is 5.92 Å². The van der Waals surface area contributed by atoms with E-state index in [1.807, 2.05) is 13.0 Å². The average Bonchev–Trinajstić information content (AvgIpc) is 2.64. The SMILES string of the molecule is CCOC(=O)/C=C/CN(C)CC1CCN(C)C1. The zero-order chi connectivity index (χ0) is 12.7. The van der Waals surface area contributed by atoms with Crippen LogP contribution >= 0.6 is 0 Å². The van der Waals surface area contributed by atoms with Gasteiger partial charge in [-0.25, -0.2) is 4.79 Å². The molecule has 0 bridgehead atoms. The molecule has 1 saturated heterocycles. The molecule has 98 valence electrons. The van der Waals surface area contributed by atoms with Crippen molar-refractivity contribution in [3.8, 4) is 0 Å². The summed E-state index contributed by atoms with van der Waals surface area (Å²) in [7, 11) is 4.26. The van der Waals surface area contributed by atoms with Gasteiger partial charge in [-0.1, -0.05) is 6.08 Å². The van der Waals surface area contributed by atoms with Crippen LogP contribution in [0.1, 0.15) is 13.3 Å². The molecule has 1 aliphatic heterocycles. The van der Waals surface area contributed by atoms with Crippen LogP contribution < -0.4 is 0 Å². The van der Waals surface area contributed by atoms with Crippen LogP contribution in [0.25, 0.3) is 0 Å². The fraction of sp³-hybridized carbons (Fsp3) is 0.769. The molecule has 0 aromatic rings. The Hall–Kier alpha value is -0.870. The first-order valence-corrected chi connectivity index (χ1v) is 6.32. The van der Waals surface area contributed by atoms with Gasteiger partial charge in [0.15, 0.2) is 0 Å². The van der Waals surface area contributed by atoms with E-state index in [1.165, 1.54) is 25.6 Å². The summed E-state index contributed by atoms with van der Waals surface area (Å²) in [5.74, 6) is 0.516. The van der Waals surface area contributed by atoms with Crippen LogP contribution in [-0.4, -0.2) is 62.7 Å². The highest BCUT2D eigenvalue weighted by Gasteiger charge is 2.20. The van der Waals surface area contributed by atoms with Gasteiger partial charge in [0.05, 0.1) is 6.61 Å². The summed E-state index contributed by atoms with van der Waals surface area (Å²) in [5.41, 5.74) is 0. The molecular weight excluding hydrogens is 216 g/mol. The summed E-state index contributed by atoms with van der Waals surface area (Å²) < 4.78 is 4.82. The summed E-state index contributed by atoms with van der Waals surface area (Å²) in [6.07, 6.45) is 4.67. The predicted octanol–water partition coefficient (Wildman–Crippen LogP) is 0.989. The number of carbonyl (C=O) groups is 1. The van der Waals surface area contributed by atoms with E-state index in [-0.39, 0.29) is 5.97 Å². The lowest BCUT2D eigenvalue weighted by atomic mass is 10.1. The molecule has 0 N–H and O–H groups in total. The van der Waals surface area contributed by atoms with Crippen molar-refractivity contribution in [1.82, 2.24) is 9.80 Å². The van der Waals surface area contributed by atoms with Crippen LogP contribution in [0.5, 0.6) is 0 Å². The van der Waals surface area contributed by atoms with Crippen molar-refractivity contribution in [1.29, 1.82) is 0 Å². The first-order valence-electron chi connectivity index (χ1n) is 6.32. The Bertz CT molecular complexity index is 266. The zero-order valence-electron chi connectivity index (χ0n) is 11.2. The number of likely N-dealkylation sites (tertiary alicyclic amines) is 1. The summed E-state index contributed by atoms with van der Waals surface area (Å²) in [6, 6.07) is 0. The molecule has 4 nitrogen and oxygen atoms in total. The summed E-state index contributed by atoms with van der Waals surface area (Å²) in [5, 5.41) is 0. The van der Waals surface area contributed by atoms with Crippen LogP contribution in [0.15, 0.2) is 12.2 Å². The van der Waals surface area contributed by atoms with Crippen LogP contribution in [-0.2, 0) is 9.53 Å². The molecule has 1 atom stereocenters. The number of hydrogen-bond donors (Lipinski definition) is 0. The third-order valence-corrected chi connectivity index (χ3v) is 3.02. The highest BCUT2D eigenvalue weighted by Crippen LogP contribution is 2.14. The average molecular weight is 240 g/mol. The van der Waals surface area contributed by atoms with Crippen molar-refractivity contribution >= 4 is 5.97 Å². The molecule has 1 fully saturated rings. The standard InChI is InChI=1S/C13H24N2O2/c1-4-17-13(16)6-5-8-14(2)10-12-7-9-15(3)11-12/h5-6,12H,4,7-11H2,1-3H3/b6-5+. The largest absolute Gasteiger partial charge is 0.463 e. The van der Waals surface area contributed by atoms with E-state index in [2.05, 4.69) is 23.9 Å². The Morgan fingerprint density at radius 2 is 2.35 bits per heavy atom. The minimum Gasteiger partial charge on any atom is -0.463 e. The van der Waals surface area contributed by atoms with Gasteiger partial charge < -0.3 is 14.5 Å². The Morgan fingerprint density at radius 1 is 1.59 bits per heavy atom. The fourth-order valence-electron chi connectivity index (χ4n) is 2.21. The second-order valence-electron chi connectivity index (χ2n) is 4.79. The molecule has 0 radical (unpaired) electrons. The maximum Gasteiger partial charge on any atom is 0.330 e. The normalized spacial score (nSPS) is 21.5. The molecule has 0 amide bonds. The monoisotopic (exact) mass is 240 g/mol. The van der Waals surface area contributed by atoms with Crippen molar-refractivity contribution in [3.63, 3.8) is 0 Å². The Labute approximate surface area is 104 Å². The van der Waals surface area contributed by atoms with Crippen molar-refractivity contribution in [2.75, 3.05) is 46.9 Å². The van der Waals surface area contributed by atoms with E-state index < -0.39 is 0 Å². The summed E-state index contributed by atoms with van der Waals surface area (Å²) >= 11 is 0. The lowest BCUT2D eigenvalue weighted by Crippen LogP contribution is -2.27. The van der Waals surface area contributed by atoms with Crippen molar-refractivity contribution in [2.45, 2.75) is 13.3 Å². The van der Waals surface area contributed by atoms with Gasteiger partial charge in [0.1, 0.15) is 0 Å². The topological polar surface area (TPSA) is 32.8 Å². The van der Waals surface area contributed by atoms with E-state index in [0.29, 0.717) is 6.61 Å². The molecule has 0 aliphatic carbocycles. The van der Waals surface area contributed by atoms with Gasteiger partial charge in [-0.05, 0) is 39.9 Å². The molecular formula is C13H24N2O2. The van der Waals surface area contributed by atoms with Gasteiger partial charge in [-0.3, -0.25) is 0 Å². The summed E-state index contributed by atoms with van der Waals surface area (Å²) in [6.45, 7) is 6.54. The Morgan fingerprint density at radius 3 is 2.94 bits per heavy atom. The second-order valence-corrected chi connectivity index (χ2v) is 4.79. The second kappa shape index (κ2) is 7.45. The van der Waals surface area contributed by atoms with E-state index in [9.17, 15) is 4.79 Å². The Kier molecular flexibility index (Phi) is 6.22. The predicted molar refractivity (Wildman–Crippen MR) is 68.9 cm³/mol. The van der Waals surface area contributed by atoms with Crippen LogP contribution in [0.2, 0.25) is 0 Å². The molecule has 17 heavy (non-hydrogen) atoms. The number of esters is 1. The number of ether oxygens (including phenoxy) is 1. The molecule has 1 unspecified atom stereocenters. The van der Waals surface area contributed by atoms with E-state index in [4.69, 9.17) is 4.74 Å². The van der Waals surface area contributed by atoms with Gasteiger partial charge >= 0.3 is 5.97 Å². The number of nitrogens with zero attached hydrogens (tertiary/aromatic N) is 2. The summed E-state index contributed by atoms with van der Waals surface area (Å²) in [4.78, 5) is 15.7. The molecule has 1 rings (SSSR count). The first kappa shape index (κ1) is 14.2. The number of likely N-dealkylation sites (N-methyl/N-ethyl adjacent to an activating group) is 1. The van der Waals surface area contributed by atoms with Gasteiger partial charge in [0.25, 0.3) is 0 Å². The third kappa shape index (κ3) is 5.84. The van der Waals surface area contributed by atoms with E-state index in [0.717, 1.165) is 19.0 Å². The van der Waals surface area contributed by atoms with E-state index >= 15 is 0 Å². The van der Waals surface area contributed by atoms with Crippen LogP contribution in [0.3, 0.4) is 0 Å². The van der Waals surface area contributed by atoms with Gasteiger partial charge in [-0.15, -0.1) is 0 Å². The molecule has 1 heterocycles. The minimum absolute atomic E-state index is 0.249. The number of rotatable bonds is 6. The van der Waals surface area contributed by atoms with Gasteiger partial charge in [0.2, 0.25) is 0 Å².